The first-order valence-electron chi connectivity index (χ1n) is 4.98. The number of hydrogen-bond donors (Lipinski definition) is 0. The van der Waals surface area contributed by atoms with Crippen molar-refractivity contribution in [1.82, 2.24) is 0 Å². The molecule has 0 spiro atoms. The lowest BCUT2D eigenvalue weighted by Crippen LogP contribution is -2.24. The highest BCUT2D eigenvalue weighted by atomic mass is 35.5. The van der Waals surface area contributed by atoms with Crippen LogP contribution in [0.1, 0.15) is 10.4 Å². The zero-order valence-electron chi connectivity index (χ0n) is 8.94. The Kier molecular flexibility index (Phi) is 2.34. The largest absolute Gasteiger partial charge is 0.453 e. The number of thiophene rings is 1. The fraction of sp³-hybridized carbons (Fsp3) is 0.0833. The Bertz CT molecular complexity index is 608. The second-order valence-electron chi connectivity index (χ2n) is 3.73. The van der Waals surface area contributed by atoms with Gasteiger partial charge >= 0.3 is 0 Å². The second kappa shape index (κ2) is 3.75. The summed E-state index contributed by atoms with van der Waals surface area (Å²) in [6, 6.07) is 5.24. The van der Waals surface area contributed by atoms with Gasteiger partial charge in [-0.3, -0.25) is 4.79 Å². The molecule has 0 aliphatic carbocycles. The smallest absolute Gasteiger partial charge is 0.262 e. The zero-order chi connectivity index (χ0) is 12.0. The number of nitrogens with zero attached hydrogens (tertiary/aromatic N) is 1. The highest BCUT2D eigenvalue weighted by molar-refractivity contribution is 7.08. The Balaban J connectivity index is 2.22. The maximum atomic E-state index is 12.2. The van der Waals surface area contributed by atoms with Crippen LogP contribution in [0.3, 0.4) is 0 Å². The minimum absolute atomic E-state index is 0.0812. The third kappa shape index (κ3) is 1.61. The molecule has 17 heavy (non-hydrogen) atoms. The molecule has 1 aromatic heterocycles. The topological polar surface area (TPSA) is 29.5 Å². The molecule has 1 aliphatic rings. The van der Waals surface area contributed by atoms with Gasteiger partial charge in [0.25, 0.3) is 5.91 Å². The van der Waals surface area contributed by atoms with Crippen LogP contribution in [-0.4, -0.2) is 13.0 Å². The van der Waals surface area contributed by atoms with E-state index < -0.39 is 0 Å². The molecule has 3 nitrogen and oxygen atoms in total. The monoisotopic (exact) mass is 265 g/mol. The predicted octanol–water partition coefficient (Wildman–Crippen LogP) is 3.78. The highest BCUT2D eigenvalue weighted by Gasteiger charge is 2.26. The summed E-state index contributed by atoms with van der Waals surface area (Å²) in [4.78, 5) is 13.7. The molecule has 5 heteroatoms. The number of halogens is 1. The lowest BCUT2D eigenvalue weighted by molar-refractivity contribution is 0.0993. The lowest BCUT2D eigenvalue weighted by Gasteiger charge is -2.16. The number of amides is 1. The van der Waals surface area contributed by atoms with Crippen LogP contribution in [0.4, 0.5) is 5.69 Å². The van der Waals surface area contributed by atoms with Gasteiger partial charge in [0.15, 0.2) is 11.5 Å². The molecule has 0 N–H and O–H groups in total. The van der Waals surface area contributed by atoms with Crippen LogP contribution in [-0.2, 0) is 0 Å². The van der Waals surface area contributed by atoms with Gasteiger partial charge in [-0.2, -0.15) is 0 Å². The molecule has 1 amide bonds. The first-order chi connectivity index (χ1) is 8.16. The standard InChI is InChI=1S/C12H8ClNO2S/c1-14-9-4-7(13)2-3-10(9)16-11-6-17-5-8(11)12(14)15/h2-6H,1H3. The van der Waals surface area contributed by atoms with E-state index in [1.165, 1.54) is 11.3 Å². The molecular formula is C12H8ClNO2S. The minimum atomic E-state index is -0.0812. The van der Waals surface area contributed by atoms with Crippen molar-refractivity contribution in [1.29, 1.82) is 0 Å². The van der Waals surface area contributed by atoms with Crippen LogP contribution < -0.4 is 9.64 Å². The van der Waals surface area contributed by atoms with Crippen LogP contribution in [0.5, 0.6) is 11.5 Å². The Hall–Kier alpha value is -1.52. The Morgan fingerprint density at radius 1 is 1.29 bits per heavy atom. The third-order valence-corrected chi connectivity index (χ3v) is 3.62. The van der Waals surface area contributed by atoms with Crippen molar-refractivity contribution in [2.24, 2.45) is 0 Å². The molecule has 1 aliphatic heterocycles. The van der Waals surface area contributed by atoms with Crippen molar-refractivity contribution >= 4 is 34.5 Å². The molecule has 0 saturated heterocycles. The first kappa shape index (κ1) is 10.6. The van der Waals surface area contributed by atoms with Gasteiger partial charge < -0.3 is 9.64 Å². The van der Waals surface area contributed by atoms with Gasteiger partial charge in [0, 0.05) is 22.8 Å². The summed E-state index contributed by atoms with van der Waals surface area (Å²) in [6.07, 6.45) is 0. The molecule has 1 aromatic carbocycles. The maximum absolute atomic E-state index is 12.2. The summed E-state index contributed by atoms with van der Waals surface area (Å²) in [5.41, 5.74) is 1.27. The molecule has 86 valence electrons. The average molecular weight is 266 g/mol. The van der Waals surface area contributed by atoms with E-state index in [0.29, 0.717) is 27.8 Å². The Morgan fingerprint density at radius 3 is 2.94 bits per heavy atom. The molecule has 0 bridgehead atoms. The average Bonchev–Trinajstić information content (AvgIpc) is 2.74. The number of ether oxygens (including phenoxy) is 1. The maximum Gasteiger partial charge on any atom is 0.262 e. The van der Waals surface area contributed by atoms with E-state index in [4.69, 9.17) is 16.3 Å². The van der Waals surface area contributed by atoms with Crippen LogP contribution in [0, 0.1) is 0 Å². The summed E-state index contributed by atoms with van der Waals surface area (Å²) in [6.45, 7) is 0. The van der Waals surface area contributed by atoms with Crippen LogP contribution in [0.2, 0.25) is 5.02 Å². The molecule has 0 fully saturated rings. The van der Waals surface area contributed by atoms with Gasteiger partial charge in [-0.05, 0) is 18.2 Å². The van der Waals surface area contributed by atoms with Crippen molar-refractivity contribution in [2.45, 2.75) is 0 Å². The molecule has 3 rings (SSSR count). The summed E-state index contributed by atoms with van der Waals surface area (Å²) < 4.78 is 5.73. The highest BCUT2D eigenvalue weighted by Crippen LogP contribution is 2.40. The van der Waals surface area contributed by atoms with Crippen molar-refractivity contribution in [2.75, 3.05) is 11.9 Å². The molecule has 0 saturated carbocycles. The number of fused-ring (bicyclic) bond motifs is 2. The van der Waals surface area contributed by atoms with Crippen LogP contribution in [0.25, 0.3) is 0 Å². The number of anilines is 1. The van der Waals surface area contributed by atoms with E-state index in [9.17, 15) is 4.79 Å². The number of rotatable bonds is 0. The Morgan fingerprint density at radius 2 is 2.12 bits per heavy atom. The predicted molar refractivity (Wildman–Crippen MR) is 68.6 cm³/mol. The number of carbonyl (C=O) groups is 1. The van der Waals surface area contributed by atoms with Gasteiger partial charge in [0.05, 0.1) is 11.3 Å². The van der Waals surface area contributed by atoms with E-state index >= 15 is 0 Å². The van der Waals surface area contributed by atoms with Crippen LogP contribution in [0.15, 0.2) is 29.0 Å². The zero-order valence-corrected chi connectivity index (χ0v) is 10.5. The van der Waals surface area contributed by atoms with Crippen molar-refractivity contribution in [3.63, 3.8) is 0 Å². The summed E-state index contributed by atoms with van der Waals surface area (Å²) in [5, 5.41) is 4.20. The van der Waals surface area contributed by atoms with Gasteiger partial charge in [0.2, 0.25) is 0 Å². The normalized spacial score (nSPS) is 13.8. The van der Waals surface area contributed by atoms with Gasteiger partial charge in [-0.15, -0.1) is 11.3 Å². The van der Waals surface area contributed by atoms with E-state index in [1.807, 2.05) is 5.38 Å². The van der Waals surface area contributed by atoms with Gasteiger partial charge in [-0.1, -0.05) is 11.6 Å². The molecule has 0 atom stereocenters. The third-order valence-electron chi connectivity index (χ3n) is 2.66. The Labute approximate surface area is 107 Å². The number of benzene rings is 1. The van der Waals surface area contributed by atoms with Gasteiger partial charge in [0.1, 0.15) is 0 Å². The number of hydrogen-bond acceptors (Lipinski definition) is 3. The van der Waals surface area contributed by atoms with E-state index in [2.05, 4.69) is 0 Å². The van der Waals surface area contributed by atoms with Gasteiger partial charge in [-0.25, -0.2) is 0 Å². The molecule has 0 unspecified atom stereocenters. The molecule has 0 radical (unpaired) electrons. The molecule has 2 aromatic rings. The van der Waals surface area contributed by atoms with E-state index in [0.717, 1.165) is 0 Å². The van der Waals surface area contributed by atoms with Crippen molar-refractivity contribution < 1.29 is 9.53 Å². The van der Waals surface area contributed by atoms with Crippen LogP contribution >= 0.6 is 22.9 Å². The van der Waals surface area contributed by atoms with Crippen molar-refractivity contribution in [3.8, 4) is 11.5 Å². The quantitative estimate of drug-likeness (QED) is 0.725. The lowest BCUT2D eigenvalue weighted by atomic mass is 10.2. The number of carbonyl (C=O) groups excluding carboxylic acids is 1. The fourth-order valence-corrected chi connectivity index (χ4v) is 2.65. The SMILES string of the molecule is CN1C(=O)c2cscc2Oc2ccc(Cl)cc21. The summed E-state index contributed by atoms with van der Waals surface area (Å²) in [5.74, 6) is 1.16. The summed E-state index contributed by atoms with van der Waals surface area (Å²) in [7, 11) is 1.72. The van der Waals surface area contributed by atoms with E-state index in [-0.39, 0.29) is 5.91 Å². The fourth-order valence-electron chi connectivity index (χ4n) is 1.77. The second-order valence-corrected chi connectivity index (χ2v) is 4.91. The van der Waals surface area contributed by atoms with E-state index in [1.54, 1.807) is 35.5 Å². The molecular weight excluding hydrogens is 258 g/mol. The first-order valence-corrected chi connectivity index (χ1v) is 6.30. The summed E-state index contributed by atoms with van der Waals surface area (Å²) >= 11 is 7.39. The molecule has 2 heterocycles. The minimum Gasteiger partial charge on any atom is -0.453 e. The van der Waals surface area contributed by atoms with Crippen molar-refractivity contribution in [3.05, 3.63) is 39.5 Å².